The molecule has 2 heterocycles. The van der Waals surface area contributed by atoms with Gasteiger partial charge in [-0.3, -0.25) is 18.9 Å². The highest BCUT2D eigenvalue weighted by molar-refractivity contribution is 7.66. The van der Waals surface area contributed by atoms with Crippen molar-refractivity contribution >= 4 is 23.5 Å². The van der Waals surface area contributed by atoms with Gasteiger partial charge in [0.25, 0.3) is 5.56 Å². The smallest absolute Gasteiger partial charge is 0.387 e. The van der Waals surface area contributed by atoms with Crippen molar-refractivity contribution in [2.75, 3.05) is 13.2 Å². The summed E-state index contributed by atoms with van der Waals surface area (Å²) in [5.41, 5.74) is 3.69. The number of ether oxygens (including phenoxy) is 1. The third-order valence-electron chi connectivity index (χ3n) is 4.45. The molecule has 21 heteroatoms. The first-order valence-corrected chi connectivity index (χ1v) is 14.4. The van der Waals surface area contributed by atoms with E-state index in [0.717, 1.165) is 10.8 Å². The molecule has 2 unspecified atom stereocenters. The maximum atomic E-state index is 12.3. The van der Waals surface area contributed by atoms with E-state index in [1.807, 2.05) is 4.98 Å². The van der Waals surface area contributed by atoms with Gasteiger partial charge in [-0.25, -0.2) is 18.5 Å². The molecule has 1 saturated heterocycles. The lowest BCUT2D eigenvalue weighted by Crippen LogP contribution is -2.39. The van der Waals surface area contributed by atoms with Gasteiger partial charge in [-0.15, -0.1) is 5.92 Å². The van der Waals surface area contributed by atoms with Gasteiger partial charge in [-0.2, -0.15) is 8.62 Å². The molecule has 18 nitrogen and oxygen atoms in total. The van der Waals surface area contributed by atoms with Crippen LogP contribution in [-0.4, -0.2) is 70.8 Å². The maximum Gasteiger partial charge on any atom is 0.490 e. The highest BCUT2D eigenvalue weighted by Crippen LogP contribution is 2.66. The number of hydrogen-bond donors (Lipinski definition) is 8. The summed E-state index contributed by atoms with van der Waals surface area (Å²) in [5, 5.41) is 20.5. The van der Waals surface area contributed by atoms with Crippen molar-refractivity contribution in [1.82, 2.24) is 9.55 Å². The van der Waals surface area contributed by atoms with Crippen LogP contribution in [0.4, 0.5) is 0 Å². The highest BCUT2D eigenvalue weighted by atomic mass is 31.3. The van der Waals surface area contributed by atoms with Gasteiger partial charge in [0, 0.05) is 18.2 Å². The van der Waals surface area contributed by atoms with E-state index >= 15 is 0 Å². The molecule has 0 saturated carbocycles. The van der Waals surface area contributed by atoms with Crippen LogP contribution >= 0.6 is 23.5 Å². The monoisotopic (exact) mass is 579 g/mol. The minimum absolute atomic E-state index is 0.131. The Balaban J connectivity index is 2.11. The summed E-state index contributed by atoms with van der Waals surface area (Å²) in [7, 11) is -16.9. The molecule has 0 radical (unpaired) electrons. The van der Waals surface area contributed by atoms with Crippen molar-refractivity contribution < 1.29 is 61.4 Å². The summed E-state index contributed by atoms with van der Waals surface area (Å²) in [6.45, 7) is -0.892. The molecule has 0 spiro atoms. The molecule has 6 atom stereocenters. The van der Waals surface area contributed by atoms with Crippen molar-refractivity contribution in [3.8, 4) is 11.8 Å². The van der Waals surface area contributed by atoms with Crippen molar-refractivity contribution in [2.24, 2.45) is 5.73 Å². The van der Waals surface area contributed by atoms with Gasteiger partial charge in [0.15, 0.2) is 6.23 Å². The van der Waals surface area contributed by atoms with Gasteiger partial charge < -0.3 is 40.3 Å². The fourth-order valence-corrected chi connectivity index (χ4v) is 6.02. The van der Waals surface area contributed by atoms with Gasteiger partial charge in [-0.05, 0) is 12.8 Å². The van der Waals surface area contributed by atoms with E-state index in [2.05, 4.69) is 25.0 Å². The van der Waals surface area contributed by atoms with E-state index in [0.29, 0.717) is 12.8 Å². The van der Waals surface area contributed by atoms with Gasteiger partial charge >= 0.3 is 29.2 Å². The number of phosphoric acid groups is 3. The number of phosphoric ester groups is 1. The molecule has 9 N–H and O–H groups in total. The van der Waals surface area contributed by atoms with Crippen LogP contribution in [0.3, 0.4) is 0 Å². The molecule has 0 amide bonds. The lowest BCUT2D eigenvalue weighted by molar-refractivity contribution is -0.0543. The van der Waals surface area contributed by atoms with E-state index in [1.165, 1.54) is 0 Å². The number of nitrogens with one attached hydrogen (secondary N) is 1. The van der Waals surface area contributed by atoms with Crippen LogP contribution < -0.4 is 17.0 Å². The fourth-order valence-electron chi connectivity index (χ4n) is 2.99. The Morgan fingerprint density at radius 3 is 2.33 bits per heavy atom. The quantitative estimate of drug-likeness (QED) is 0.0782. The third-order valence-corrected chi connectivity index (χ3v) is 8.25. The number of aromatic amines is 1. The summed E-state index contributed by atoms with van der Waals surface area (Å²) in [4.78, 5) is 62.1. The van der Waals surface area contributed by atoms with Crippen LogP contribution in [-0.2, 0) is 38.0 Å². The number of nitrogens with two attached hydrogens (primary N) is 1. The van der Waals surface area contributed by atoms with E-state index in [4.69, 9.17) is 25.2 Å². The number of aliphatic hydroxyl groups excluding tert-OH is 2. The second-order valence-electron chi connectivity index (χ2n) is 7.17. The number of aliphatic hydroxyl groups is 2. The molecular formula is C15H24N3O15P3. The fraction of sp³-hybridized carbons (Fsp3) is 0.600. The predicted molar refractivity (Wildman–Crippen MR) is 117 cm³/mol. The van der Waals surface area contributed by atoms with E-state index < -0.39 is 65.9 Å². The summed E-state index contributed by atoms with van der Waals surface area (Å²) in [5.74, 6) is 5.43. The maximum absolute atomic E-state index is 12.3. The predicted octanol–water partition coefficient (Wildman–Crippen LogP) is -2.22. The molecule has 0 aliphatic carbocycles. The Kier molecular flexibility index (Phi) is 10.5. The molecule has 0 aromatic carbocycles. The van der Waals surface area contributed by atoms with Crippen LogP contribution in [0.1, 0.15) is 24.6 Å². The lowest BCUT2D eigenvalue weighted by atomic mass is 10.1. The van der Waals surface area contributed by atoms with Gasteiger partial charge in [0.2, 0.25) is 0 Å². The summed E-state index contributed by atoms with van der Waals surface area (Å²) < 4.78 is 51.5. The Bertz CT molecular complexity index is 1250. The Morgan fingerprint density at radius 2 is 1.72 bits per heavy atom. The van der Waals surface area contributed by atoms with Crippen LogP contribution in [0.5, 0.6) is 0 Å². The van der Waals surface area contributed by atoms with Crippen molar-refractivity contribution in [1.29, 1.82) is 0 Å². The summed E-state index contributed by atoms with van der Waals surface area (Å²) in [6, 6.07) is 0. The first kappa shape index (κ1) is 30.7. The topological polar surface area (TPSA) is 290 Å². The molecule has 1 aliphatic rings. The molecule has 1 fully saturated rings. The minimum atomic E-state index is -5.76. The first-order chi connectivity index (χ1) is 16.6. The molecule has 1 aromatic heterocycles. The van der Waals surface area contributed by atoms with Crippen LogP contribution in [0.2, 0.25) is 0 Å². The number of rotatable bonds is 11. The minimum Gasteiger partial charge on any atom is -0.387 e. The van der Waals surface area contributed by atoms with E-state index in [9.17, 15) is 38.4 Å². The van der Waals surface area contributed by atoms with E-state index in [1.54, 1.807) is 0 Å². The second kappa shape index (κ2) is 12.4. The molecule has 2 rings (SSSR count). The summed E-state index contributed by atoms with van der Waals surface area (Å²) in [6.07, 6.45) is -4.67. The van der Waals surface area contributed by atoms with Crippen LogP contribution in [0.25, 0.3) is 0 Å². The van der Waals surface area contributed by atoms with Crippen molar-refractivity contribution in [2.45, 2.75) is 43.8 Å². The Hall–Kier alpha value is -1.51. The zero-order valence-electron chi connectivity index (χ0n) is 18.1. The normalized spacial score (nSPS) is 25.5. The number of aromatic nitrogens is 2. The van der Waals surface area contributed by atoms with Crippen molar-refractivity contribution in [3.05, 3.63) is 32.6 Å². The SMILES string of the molecule is NCC#CCCCc1cn([C@@H]2O[C@H](COP(=O)(O)OP(=O)(O)OP(=O)(O)O)[C@@H](O)[C@H]2O)c(=O)[nH]c1=O. The molecule has 0 bridgehead atoms. The third kappa shape index (κ3) is 9.10. The Morgan fingerprint density at radius 1 is 1.06 bits per heavy atom. The molecule has 204 valence electrons. The molecule has 1 aromatic rings. The average molecular weight is 579 g/mol. The molecular weight excluding hydrogens is 555 g/mol. The summed E-state index contributed by atoms with van der Waals surface area (Å²) >= 11 is 0. The number of H-pyrrole nitrogens is 1. The molecule has 1 aliphatic heterocycles. The second-order valence-corrected chi connectivity index (χ2v) is 11.6. The number of nitrogens with zero attached hydrogens (tertiary/aromatic N) is 1. The van der Waals surface area contributed by atoms with E-state index in [-0.39, 0.29) is 18.5 Å². The number of aryl methyl sites for hydroxylation is 1. The van der Waals surface area contributed by atoms with Gasteiger partial charge in [0.05, 0.1) is 13.2 Å². The highest BCUT2D eigenvalue weighted by Gasteiger charge is 2.46. The van der Waals surface area contributed by atoms with Crippen LogP contribution in [0.15, 0.2) is 15.8 Å². The van der Waals surface area contributed by atoms with Crippen LogP contribution in [0, 0.1) is 11.8 Å². The zero-order chi connectivity index (χ0) is 27.3. The van der Waals surface area contributed by atoms with Gasteiger partial charge in [0.1, 0.15) is 18.3 Å². The average Bonchev–Trinajstić information content (AvgIpc) is 2.99. The standard InChI is InChI=1S/C15H24N3O15P3/c16-6-4-2-1-3-5-9-7-18(15(22)17-13(9)21)14-12(20)11(19)10(31-14)8-30-35(26,27)33-36(28,29)32-34(23,24)25/h7,10-12,14,19-20H,1,3,5-6,8,16H2,(H,26,27)(H,28,29)(H,17,21,22)(H2,23,24,25)/t10-,11-,12-,14-/m1/s1. The largest absolute Gasteiger partial charge is 0.490 e. The lowest BCUT2D eigenvalue weighted by Gasteiger charge is -2.19. The number of hydrogen-bond acceptors (Lipinski definition) is 12. The first-order valence-electron chi connectivity index (χ1n) is 9.85. The molecule has 36 heavy (non-hydrogen) atoms. The zero-order valence-corrected chi connectivity index (χ0v) is 20.8. The number of unbranched alkanes of at least 4 members (excludes halogenated alkanes) is 1. The Labute approximate surface area is 202 Å². The van der Waals surface area contributed by atoms with Gasteiger partial charge in [-0.1, -0.05) is 5.92 Å². The van der Waals surface area contributed by atoms with Crippen molar-refractivity contribution in [3.63, 3.8) is 0 Å².